The first-order valence-corrected chi connectivity index (χ1v) is 14.2. The maximum absolute atomic E-state index is 13.7. The van der Waals surface area contributed by atoms with Gasteiger partial charge in [0, 0.05) is 21.5 Å². The first-order chi connectivity index (χ1) is 19.3. The molecule has 0 spiro atoms. The van der Waals surface area contributed by atoms with E-state index in [1.807, 2.05) is 0 Å². The highest BCUT2D eigenvalue weighted by molar-refractivity contribution is 8.00. The van der Waals surface area contributed by atoms with E-state index in [1.54, 1.807) is 48.5 Å². The highest BCUT2D eigenvalue weighted by Gasteiger charge is 2.56. The summed E-state index contributed by atoms with van der Waals surface area (Å²) in [5.41, 5.74) is 1.61. The number of amides is 3. The second kappa shape index (κ2) is 10.6. The van der Waals surface area contributed by atoms with Crippen molar-refractivity contribution in [2.75, 3.05) is 16.8 Å². The number of thiazole rings is 1. The van der Waals surface area contributed by atoms with Gasteiger partial charge < -0.3 is 15.0 Å². The van der Waals surface area contributed by atoms with E-state index in [-0.39, 0.29) is 23.3 Å². The molecule has 0 aliphatic carbocycles. The van der Waals surface area contributed by atoms with Gasteiger partial charge >= 0.3 is 4.87 Å². The van der Waals surface area contributed by atoms with Gasteiger partial charge in [0.2, 0.25) is 11.8 Å². The lowest BCUT2D eigenvalue weighted by atomic mass is 9.83. The van der Waals surface area contributed by atoms with Crippen molar-refractivity contribution >= 4 is 63.8 Å². The summed E-state index contributed by atoms with van der Waals surface area (Å²) in [5, 5.41) is 2.98. The average molecular weight is 596 g/mol. The number of aromatic nitrogens is 1. The highest BCUT2D eigenvalue weighted by atomic mass is 35.5. The molecule has 1 aromatic heterocycles. The van der Waals surface area contributed by atoms with Crippen molar-refractivity contribution in [2.45, 2.75) is 16.2 Å². The van der Waals surface area contributed by atoms with E-state index in [1.165, 1.54) is 40.9 Å². The lowest BCUT2D eigenvalue weighted by Gasteiger charge is -2.29. The molecule has 3 heterocycles. The van der Waals surface area contributed by atoms with Gasteiger partial charge in [0.05, 0.1) is 16.6 Å². The summed E-state index contributed by atoms with van der Waals surface area (Å²) in [6.07, 6.45) is 0. The number of aromatic amines is 1. The topological polar surface area (TPSA) is 109 Å². The van der Waals surface area contributed by atoms with Crippen molar-refractivity contribution in [3.05, 3.63) is 104 Å². The zero-order valence-corrected chi connectivity index (χ0v) is 22.8. The van der Waals surface area contributed by atoms with Crippen LogP contribution in [0.2, 0.25) is 5.02 Å². The predicted molar refractivity (Wildman–Crippen MR) is 151 cm³/mol. The van der Waals surface area contributed by atoms with Crippen LogP contribution in [0.5, 0.6) is 5.75 Å². The number of thioether (sulfide) groups is 1. The Morgan fingerprint density at radius 3 is 2.38 bits per heavy atom. The van der Waals surface area contributed by atoms with Crippen molar-refractivity contribution in [1.29, 1.82) is 0 Å². The number of carbonyl (C=O) groups excluding carboxylic acids is 3. The molecule has 1 fully saturated rings. The highest BCUT2D eigenvalue weighted by Crippen LogP contribution is 2.53. The average Bonchev–Trinajstić information content (AvgIpc) is 3.44. The Kier molecular flexibility index (Phi) is 6.95. The molecular weight excluding hydrogens is 577 g/mol. The van der Waals surface area contributed by atoms with Crippen LogP contribution >= 0.6 is 34.7 Å². The van der Waals surface area contributed by atoms with Crippen LogP contribution in [0.3, 0.4) is 0 Å². The number of anilines is 2. The number of hydrogen-bond acceptors (Lipinski definition) is 7. The molecule has 0 radical (unpaired) electrons. The van der Waals surface area contributed by atoms with Gasteiger partial charge in [-0.25, -0.2) is 9.29 Å². The molecule has 3 amide bonds. The van der Waals surface area contributed by atoms with Crippen molar-refractivity contribution in [2.24, 2.45) is 5.92 Å². The SMILES string of the molecule is O=C(COc1ccc(C2c3sc(=O)[nH]c3SC3C(=O)N(c4ccc(Cl)cc4)C(=O)C32)cc1)Nc1ccc(F)cc1. The third kappa shape index (κ3) is 4.91. The summed E-state index contributed by atoms with van der Waals surface area (Å²) in [6.45, 7) is -0.270. The van der Waals surface area contributed by atoms with E-state index in [0.29, 0.717) is 32.1 Å². The number of ether oxygens (including phenoxy) is 1. The molecule has 6 rings (SSSR count). The number of nitrogens with one attached hydrogen (secondary N) is 2. The minimum Gasteiger partial charge on any atom is -0.484 e. The Labute approximate surface area is 240 Å². The Morgan fingerprint density at radius 1 is 0.975 bits per heavy atom. The van der Waals surface area contributed by atoms with Crippen LogP contribution in [0.25, 0.3) is 0 Å². The number of rotatable bonds is 6. The van der Waals surface area contributed by atoms with Gasteiger partial charge in [-0.15, -0.1) is 0 Å². The maximum atomic E-state index is 13.7. The summed E-state index contributed by atoms with van der Waals surface area (Å²) in [7, 11) is 0. The van der Waals surface area contributed by atoms with Crippen molar-refractivity contribution in [3.8, 4) is 5.75 Å². The lowest BCUT2D eigenvalue weighted by Crippen LogP contribution is -2.32. The quantitative estimate of drug-likeness (QED) is 0.302. The second-order valence-electron chi connectivity index (χ2n) is 9.15. The number of halogens is 2. The minimum atomic E-state index is -0.722. The Bertz CT molecular complexity index is 1670. The molecule has 0 saturated carbocycles. The zero-order valence-electron chi connectivity index (χ0n) is 20.4. The normalized spacial score (nSPS) is 19.8. The molecule has 3 aromatic carbocycles. The fraction of sp³-hybridized carbons (Fsp3) is 0.143. The Morgan fingerprint density at radius 2 is 1.68 bits per heavy atom. The molecule has 2 aliphatic rings. The van der Waals surface area contributed by atoms with Crippen LogP contribution in [0, 0.1) is 11.7 Å². The van der Waals surface area contributed by atoms with Gasteiger partial charge in [0.25, 0.3) is 5.91 Å². The van der Waals surface area contributed by atoms with Crippen LogP contribution in [0.15, 0.2) is 82.6 Å². The monoisotopic (exact) mass is 595 g/mol. The van der Waals surface area contributed by atoms with Crippen LogP contribution in [-0.2, 0) is 14.4 Å². The van der Waals surface area contributed by atoms with Crippen molar-refractivity contribution in [3.63, 3.8) is 0 Å². The van der Waals surface area contributed by atoms with Crippen molar-refractivity contribution in [1.82, 2.24) is 4.98 Å². The van der Waals surface area contributed by atoms with Gasteiger partial charge in [-0.1, -0.05) is 46.8 Å². The van der Waals surface area contributed by atoms with Crippen LogP contribution in [0.4, 0.5) is 15.8 Å². The molecule has 0 bridgehead atoms. The second-order valence-corrected chi connectivity index (χ2v) is 11.8. The van der Waals surface area contributed by atoms with E-state index >= 15 is 0 Å². The number of benzene rings is 3. The molecule has 2 N–H and O–H groups in total. The number of carbonyl (C=O) groups is 3. The molecule has 202 valence electrons. The fourth-order valence-electron chi connectivity index (χ4n) is 4.87. The fourth-order valence-corrected chi connectivity index (χ4v) is 7.51. The largest absolute Gasteiger partial charge is 0.484 e. The summed E-state index contributed by atoms with van der Waals surface area (Å²) >= 11 is 8.23. The first-order valence-electron chi connectivity index (χ1n) is 12.1. The van der Waals surface area contributed by atoms with Gasteiger partial charge in [0.1, 0.15) is 16.8 Å². The Hall–Kier alpha value is -3.93. The summed E-state index contributed by atoms with van der Waals surface area (Å²) in [5.74, 6) is -2.36. The number of imide groups is 1. The number of hydrogen-bond donors (Lipinski definition) is 2. The molecule has 4 aromatic rings. The van der Waals surface area contributed by atoms with Crippen LogP contribution in [0.1, 0.15) is 16.4 Å². The number of fused-ring (bicyclic) bond motifs is 2. The lowest BCUT2D eigenvalue weighted by molar-refractivity contribution is -0.122. The zero-order chi connectivity index (χ0) is 28.0. The summed E-state index contributed by atoms with van der Waals surface area (Å²) in [6, 6.07) is 18.8. The molecule has 3 unspecified atom stereocenters. The molecule has 40 heavy (non-hydrogen) atoms. The van der Waals surface area contributed by atoms with E-state index in [4.69, 9.17) is 16.3 Å². The maximum Gasteiger partial charge on any atom is 0.305 e. The standard InChI is InChI=1S/C28H19ClFN3O5S2/c29-15-3-9-18(10-4-15)33-26(35)22-21(23-25(32-28(37)40-23)39-24(22)27(33)36)14-1-11-19(12-2-14)38-13-20(34)31-17-7-5-16(30)6-8-17/h1-12,21-22,24H,13H2,(H,31,34)(H,32,37). The van der Waals surface area contributed by atoms with Crippen LogP contribution in [-0.4, -0.2) is 34.6 Å². The van der Waals surface area contributed by atoms with Gasteiger partial charge in [-0.2, -0.15) is 0 Å². The number of H-pyrrole nitrogens is 1. The minimum absolute atomic E-state index is 0.260. The molecule has 3 atom stereocenters. The molecule has 1 saturated heterocycles. The van der Waals surface area contributed by atoms with Crippen molar-refractivity contribution < 1.29 is 23.5 Å². The van der Waals surface area contributed by atoms with Gasteiger partial charge in [-0.3, -0.25) is 19.2 Å². The third-order valence-corrected chi connectivity index (χ3v) is 9.30. The summed E-state index contributed by atoms with van der Waals surface area (Å²) < 4.78 is 18.7. The van der Waals surface area contributed by atoms with Gasteiger partial charge in [0.15, 0.2) is 6.61 Å². The molecule has 8 nitrogen and oxygen atoms in total. The van der Waals surface area contributed by atoms with Gasteiger partial charge in [-0.05, 0) is 66.2 Å². The third-order valence-electron chi connectivity index (χ3n) is 6.65. The van der Waals surface area contributed by atoms with E-state index < -0.39 is 28.8 Å². The Balaban J connectivity index is 1.24. The van der Waals surface area contributed by atoms with E-state index in [2.05, 4.69) is 10.3 Å². The van der Waals surface area contributed by atoms with Crippen LogP contribution < -0.4 is 19.8 Å². The smallest absolute Gasteiger partial charge is 0.305 e. The summed E-state index contributed by atoms with van der Waals surface area (Å²) in [4.78, 5) is 56.1. The van der Waals surface area contributed by atoms with E-state index in [0.717, 1.165) is 16.9 Å². The molecule has 12 heteroatoms. The first kappa shape index (κ1) is 26.3. The number of nitrogens with zero attached hydrogens (tertiary/aromatic N) is 1. The molecular formula is C28H19ClFN3O5S2. The van der Waals surface area contributed by atoms with E-state index in [9.17, 15) is 23.6 Å². The molecule has 2 aliphatic heterocycles. The predicted octanol–water partition coefficient (Wildman–Crippen LogP) is 5.04.